The number of rotatable bonds is 2. The van der Waals surface area contributed by atoms with E-state index in [9.17, 15) is 9.59 Å². The molecule has 299 valence electrons. The predicted octanol–water partition coefficient (Wildman–Crippen LogP) is 4.58. The first-order chi connectivity index (χ1) is 28.6. The van der Waals surface area contributed by atoms with Crippen molar-refractivity contribution in [2.24, 2.45) is 11.5 Å². The summed E-state index contributed by atoms with van der Waals surface area (Å²) in [5, 5.41) is 18.5. The maximum Gasteiger partial charge on any atom is 2.00 e. The van der Waals surface area contributed by atoms with Crippen LogP contribution in [-0.4, -0.2) is 83.0 Å². The van der Waals surface area contributed by atoms with E-state index in [-0.39, 0.29) is 35.8 Å². The van der Waals surface area contributed by atoms with Crippen LogP contribution in [0.25, 0.3) is 90.2 Å². The number of fused-ring (bicyclic) bond motifs is 20. The number of aromatic carboxylic acids is 2. The fourth-order valence-electron chi connectivity index (χ4n) is 5.71. The van der Waals surface area contributed by atoms with Crippen molar-refractivity contribution >= 4 is 82.6 Å². The first-order valence-corrected chi connectivity index (χ1v) is 19.5. The number of hydrogen-bond acceptors (Lipinski definition) is 14. The molecule has 8 aromatic rings. The first kappa shape index (κ1) is 42.5. The minimum atomic E-state index is -1.34. The summed E-state index contributed by atoms with van der Waals surface area (Å²) in [7, 11) is 9.53. The number of nitrogens with zero attached hydrogens (tertiary/aromatic N) is 13. The average Bonchev–Trinajstić information content (AvgIpc) is 3.97. The van der Waals surface area contributed by atoms with Crippen LogP contribution in [0, 0.1) is 0 Å². The van der Waals surface area contributed by atoms with Gasteiger partial charge in [0.15, 0.2) is 5.69 Å². The zero-order chi connectivity index (χ0) is 41.6. The van der Waals surface area contributed by atoms with Gasteiger partial charge in [-0.1, -0.05) is 12.1 Å². The Hall–Kier alpha value is -7.06. The number of nitrogens with two attached hydrogens (primary N) is 2. The van der Waals surface area contributed by atoms with Gasteiger partial charge < -0.3 is 51.6 Å². The number of urea groups is 1. The number of pyridine rings is 5. The minimum absolute atomic E-state index is 0. The second-order valence-electron chi connectivity index (χ2n) is 11.5. The van der Waals surface area contributed by atoms with Crippen molar-refractivity contribution in [3.05, 3.63) is 103 Å². The van der Waals surface area contributed by atoms with Gasteiger partial charge in [0.2, 0.25) is 0 Å². The fraction of sp³-hybridized carbons (Fsp3) is 0. The van der Waals surface area contributed by atoms with Gasteiger partial charge in [-0.15, -0.1) is 0 Å². The number of hydrogen-bond donors (Lipinski definition) is 4. The van der Waals surface area contributed by atoms with Crippen LogP contribution in [0.1, 0.15) is 20.8 Å². The molecular weight excluding hydrogens is 904 g/mol. The summed E-state index contributed by atoms with van der Waals surface area (Å²) in [5.41, 5.74) is 13.2. The van der Waals surface area contributed by atoms with Crippen molar-refractivity contribution in [3.63, 3.8) is 0 Å². The summed E-state index contributed by atoms with van der Waals surface area (Å²) in [6.07, 6.45) is 8.01. The molecule has 0 atom stereocenters. The van der Waals surface area contributed by atoms with Crippen molar-refractivity contribution in [1.29, 1.82) is 0 Å². The van der Waals surface area contributed by atoms with E-state index in [1.54, 1.807) is 24.8 Å². The Bertz CT molecular complexity index is 2760. The molecule has 0 spiro atoms. The van der Waals surface area contributed by atoms with Gasteiger partial charge in [0.1, 0.15) is 23.0 Å². The van der Waals surface area contributed by atoms with Gasteiger partial charge in [0, 0.05) is 75.5 Å². The Morgan fingerprint density at radius 2 is 0.917 bits per heavy atom. The number of amides is 2. The van der Waals surface area contributed by atoms with Gasteiger partial charge in [-0.2, -0.15) is 0 Å². The van der Waals surface area contributed by atoms with Crippen molar-refractivity contribution in [1.82, 2.24) is 64.8 Å². The van der Waals surface area contributed by atoms with Crippen LogP contribution in [0.4, 0.5) is 4.79 Å². The SMILES string of the molecule is NC(N)=O.O=C(O)c1cccnc1C(=O)O.[Cl][Fe][Cl].[Mn+2].c1cnc2c(c1)-c1nc-2nc2[n-]c(nc3nc(nc4[n-]c(n1)c1ncccc41)-c1ncccc1-3)c1ncccc21. The molecule has 0 saturated heterocycles. The van der Waals surface area contributed by atoms with Gasteiger partial charge in [-0.05, 0) is 48.5 Å². The molecule has 8 bridgehead atoms. The number of carbonyl (C=O) groups is 3. The molecular formula is C36H21Cl2FeMnN15O5. The summed E-state index contributed by atoms with van der Waals surface area (Å²) >= 11 is 0.194. The number of carbonyl (C=O) groups excluding carboxylic acids is 1. The average molecular weight is 925 g/mol. The van der Waals surface area contributed by atoms with E-state index in [2.05, 4.69) is 36.4 Å². The topological polar surface area (TPSA) is 314 Å². The first-order valence-electron chi connectivity index (χ1n) is 16.4. The molecule has 20 nitrogen and oxygen atoms in total. The molecule has 10 rings (SSSR count). The Balaban J connectivity index is 0.000000254. The second-order valence-corrected chi connectivity index (χ2v) is 13.4. The Morgan fingerprint density at radius 3 is 1.33 bits per heavy atom. The van der Waals surface area contributed by atoms with Crippen LogP contribution in [-0.2, 0) is 30.2 Å². The van der Waals surface area contributed by atoms with E-state index >= 15 is 0 Å². The van der Waals surface area contributed by atoms with Gasteiger partial charge >= 0.3 is 68.4 Å². The van der Waals surface area contributed by atoms with Crippen molar-refractivity contribution in [3.8, 4) is 45.8 Å². The maximum atomic E-state index is 10.4. The standard InChI is InChI=1S/C28H12N12.C7H5NO4.CH4N2O.2ClH.Fe.Mn/c1-5-13-17(29-9-1)25-33-21(13)37-26-18-14(6-2-10-30-18)23(34-26)39-28-20-16(8-4-12-32-20)24(36-28)40-27-19-15(7-3-11-31-19)22(35-27)38-25;9-6(10)4-2-1-3-8-5(4)7(11)12;2-1(3)4;;;;/h1-12H;1-3H,(H,9,10)(H,11,12);(H4,2,3,4);2*1H;;/q-2;;;;;2*+2/p-2. The van der Waals surface area contributed by atoms with Gasteiger partial charge in [-0.3, -0.25) is 19.9 Å². The number of aromatic nitrogens is 13. The third kappa shape index (κ3) is 8.83. The zero-order valence-electron chi connectivity index (χ0n) is 29.7. The molecule has 1 radical (unpaired) electrons. The molecule has 0 saturated carbocycles. The smallest absolute Gasteiger partial charge is 0.356 e. The molecule has 0 aliphatic carbocycles. The maximum absolute atomic E-state index is 10.4. The molecule has 60 heavy (non-hydrogen) atoms. The monoisotopic (exact) mass is 924 g/mol. The third-order valence-corrected chi connectivity index (χ3v) is 7.98. The number of carboxylic acids is 2. The van der Waals surface area contributed by atoms with Crippen LogP contribution in [0.2, 0.25) is 0 Å². The molecule has 8 aromatic heterocycles. The van der Waals surface area contributed by atoms with Crippen LogP contribution in [0.3, 0.4) is 0 Å². The summed E-state index contributed by atoms with van der Waals surface area (Å²) in [5.74, 6) is -1.02. The van der Waals surface area contributed by atoms with E-state index in [4.69, 9.17) is 75.1 Å². The molecule has 0 unspecified atom stereocenters. The molecule has 2 amide bonds. The predicted molar refractivity (Wildman–Crippen MR) is 209 cm³/mol. The van der Waals surface area contributed by atoms with Gasteiger partial charge in [0.05, 0.1) is 28.2 Å². The Labute approximate surface area is 360 Å². The van der Waals surface area contributed by atoms with E-state index in [0.29, 0.717) is 68.3 Å². The van der Waals surface area contributed by atoms with Crippen LogP contribution < -0.4 is 21.4 Å². The van der Waals surface area contributed by atoms with Crippen LogP contribution >= 0.6 is 20.2 Å². The molecule has 6 N–H and O–H groups in total. The molecule has 0 aromatic carbocycles. The van der Waals surface area contributed by atoms with E-state index in [0.717, 1.165) is 21.9 Å². The molecule has 0 fully saturated rings. The van der Waals surface area contributed by atoms with Crippen molar-refractivity contribution in [2.45, 2.75) is 0 Å². The molecule has 2 aliphatic heterocycles. The number of carboxylic acid groups (broad SMARTS) is 2. The Kier molecular flexibility index (Phi) is 13.2. The fourth-order valence-corrected chi connectivity index (χ4v) is 5.71. The largest absolute Gasteiger partial charge is 2.00 e. The summed E-state index contributed by atoms with van der Waals surface area (Å²) < 4.78 is 0. The van der Waals surface area contributed by atoms with Crippen molar-refractivity contribution in [2.75, 3.05) is 0 Å². The van der Waals surface area contributed by atoms with E-state index in [1.807, 2.05) is 48.5 Å². The van der Waals surface area contributed by atoms with Gasteiger partial charge in [0.25, 0.3) is 0 Å². The molecule has 10 heterocycles. The quantitative estimate of drug-likeness (QED) is 0.172. The zero-order valence-corrected chi connectivity index (χ0v) is 33.5. The Morgan fingerprint density at radius 1 is 0.533 bits per heavy atom. The normalized spacial score (nSPS) is 10.6. The number of halogens is 2. The van der Waals surface area contributed by atoms with Crippen LogP contribution in [0.5, 0.6) is 0 Å². The molecule has 2 aliphatic rings. The summed E-state index contributed by atoms with van der Waals surface area (Å²) in [6, 6.07) is 16.7. The molecule has 24 heteroatoms. The third-order valence-electron chi connectivity index (χ3n) is 7.98. The van der Waals surface area contributed by atoms with Crippen LogP contribution in [0.15, 0.2) is 91.6 Å². The minimum Gasteiger partial charge on any atom is -0.356 e. The summed E-state index contributed by atoms with van der Waals surface area (Å²) in [6.45, 7) is 0. The van der Waals surface area contributed by atoms with E-state index < -0.39 is 23.7 Å². The van der Waals surface area contributed by atoms with E-state index in [1.165, 1.54) is 18.3 Å². The summed E-state index contributed by atoms with van der Waals surface area (Å²) in [4.78, 5) is 89.7. The van der Waals surface area contributed by atoms with Crippen molar-refractivity contribution < 1.29 is 54.8 Å². The van der Waals surface area contributed by atoms with Gasteiger partial charge in [-0.25, -0.2) is 29.3 Å². The second kappa shape index (κ2) is 18.7. The number of primary amides is 2.